The number of anilines is 1. The summed E-state index contributed by atoms with van der Waals surface area (Å²) >= 11 is 0. The largest absolute Gasteiger partial charge is 0.337 e. The molecule has 6 nitrogen and oxygen atoms in total. The fourth-order valence-corrected chi connectivity index (χ4v) is 4.86. The van der Waals surface area contributed by atoms with Crippen molar-refractivity contribution in [2.75, 3.05) is 36.7 Å². The van der Waals surface area contributed by atoms with Crippen LogP contribution in [0.5, 0.6) is 0 Å². The van der Waals surface area contributed by atoms with Gasteiger partial charge in [0.25, 0.3) is 5.91 Å². The molecule has 0 spiro atoms. The number of amides is 1. The Kier molecular flexibility index (Phi) is 6.11. The first kappa shape index (κ1) is 19.0. The van der Waals surface area contributed by atoms with E-state index in [4.69, 9.17) is 0 Å². The molecular weight excluding hydrogens is 350 g/mol. The first-order valence-electron chi connectivity index (χ1n) is 8.08. The number of hydrogen-bond acceptors (Lipinski definition) is 4. The summed E-state index contributed by atoms with van der Waals surface area (Å²) in [6, 6.07) is 7.31. The van der Waals surface area contributed by atoms with Crippen molar-refractivity contribution in [1.82, 2.24) is 10.2 Å². The lowest BCUT2D eigenvalue weighted by atomic mass is 10.0. The molecule has 1 aromatic rings. The maximum atomic E-state index is 12.7. The average molecular weight is 374 g/mol. The molecule has 0 bridgehead atoms. The second-order valence-corrected chi connectivity index (χ2v) is 8.18. The van der Waals surface area contributed by atoms with E-state index < -0.39 is 10.0 Å². The minimum absolute atomic E-state index is 0. The number of nitrogens with one attached hydrogen (secondary N) is 1. The van der Waals surface area contributed by atoms with E-state index in [0.29, 0.717) is 36.8 Å². The highest BCUT2D eigenvalue weighted by atomic mass is 35.5. The molecule has 0 saturated carbocycles. The Morgan fingerprint density at radius 1 is 1.25 bits per heavy atom. The molecule has 0 aromatic heterocycles. The number of carbonyl (C=O) groups is 1. The fourth-order valence-electron chi connectivity index (χ4n) is 3.30. The van der Waals surface area contributed by atoms with Crippen LogP contribution in [0.3, 0.4) is 0 Å². The van der Waals surface area contributed by atoms with Gasteiger partial charge in [0.1, 0.15) is 0 Å². The van der Waals surface area contributed by atoms with Crippen LogP contribution in [0.2, 0.25) is 0 Å². The fraction of sp³-hybridized carbons (Fsp3) is 0.562. The van der Waals surface area contributed by atoms with Crippen LogP contribution in [0.1, 0.15) is 29.6 Å². The summed E-state index contributed by atoms with van der Waals surface area (Å²) in [6.45, 7) is 1.94. The van der Waals surface area contributed by atoms with E-state index in [0.717, 1.165) is 19.4 Å². The number of likely N-dealkylation sites (tertiary alicyclic amines) is 1. The van der Waals surface area contributed by atoms with E-state index in [1.807, 2.05) is 11.9 Å². The van der Waals surface area contributed by atoms with Gasteiger partial charge in [-0.1, -0.05) is 6.07 Å². The van der Waals surface area contributed by atoms with Crippen LogP contribution in [-0.4, -0.2) is 57.7 Å². The molecule has 134 valence electrons. The maximum Gasteiger partial charge on any atom is 0.253 e. The van der Waals surface area contributed by atoms with Crippen LogP contribution in [0.15, 0.2) is 24.3 Å². The zero-order chi connectivity index (χ0) is 16.4. The summed E-state index contributed by atoms with van der Waals surface area (Å²) in [6.07, 6.45) is 2.69. The third kappa shape index (κ3) is 3.84. The molecule has 2 aliphatic heterocycles. The highest BCUT2D eigenvalue weighted by molar-refractivity contribution is 7.93. The summed E-state index contributed by atoms with van der Waals surface area (Å²) in [5.74, 6) is 0.157. The molecule has 1 atom stereocenters. The van der Waals surface area contributed by atoms with Gasteiger partial charge in [-0.25, -0.2) is 8.42 Å². The van der Waals surface area contributed by atoms with Crippen LogP contribution in [0.25, 0.3) is 0 Å². The van der Waals surface area contributed by atoms with Gasteiger partial charge in [-0.3, -0.25) is 9.10 Å². The third-order valence-electron chi connectivity index (χ3n) is 4.60. The van der Waals surface area contributed by atoms with Gasteiger partial charge in [0.05, 0.1) is 11.4 Å². The number of hydrogen-bond donors (Lipinski definition) is 1. The molecule has 2 aliphatic rings. The molecule has 3 rings (SSSR count). The standard InChI is InChI=1S/C16H23N3O3S.ClH/c1-17-14-6-3-8-18(12-14)16(20)13-5-2-7-15(11-13)19-9-4-10-23(19,21)22;/h2,5,7,11,14,17H,3-4,6,8-10,12H2,1H3;1H. The lowest BCUT2D eigenvalue weighted by Crippen LogP contribution is -2.47. The Hall–Kier alpha value is -1.31. The second kappa shape index (κ2) is 7.72. The molecular formula is C16H24ClN3O3S. The lowest BCUT2D eigenvalue weighted by Gasteiger charge is -2.32. The molecule has 2 saturated heterocycles. The number of piperidine rings is 1. The number of sulfonamides is 1. The van der Waals surface area contributed by atoms with Gasteiger partial charge in [0.2, 0.25) is 10.0 Å². The Bertz CT molecular complexity index is 696. The molecule has 8 heteroatoms. The Morgan fingerprint density at radius 2 is 2.04 bits per heavy atom. The predicted octanol–water partition coefficient (Wildman–Crippen LogP) is 1.47. The number of likely N-dealkylation sites (N-methyl/N-ethyl adjacent to an activating group) is 1. The Labute approximate surface area is 149 Å². The molecule has 1 amide bonds. The molecule has 0 aliphatic carbocycles. The quantitative estimate of drug-likeness (QED) is 0.871. The lowest BCUT2D eigenvalue weighted by molar-refractivity contribution is 0.0698. The zero-order valence-corrected chi connectivity index (χ0v) is 15.4. The molecule has 0 radical (unpaired) electrons. The van der Waals surface area contributed by atoms with Crippen LogP contribution >= 0.6 is 12.4 Å². The van der Waals surface area contributed by atoms with Gasteiger partial charge in [0, 0.05) is 31.2 Å². The van der Waals surface area contributed by atoms with E-state index in [1.165, 1.54) is 4.31 Å². The predicted molar refractivity (Wildman–Crippen MR) is 97.4 cm³/mol. The average Bonchev–Trinajstić information content (AvgIpc) is 2.93. The van der Waals surface area contributed by atoms with Gasteiger partial charge in [-0.2, -0.15) is 0 Å². The number of benzene rings is 1. The normalized spacial score (nSPS) is 23.0. The molecule has 2 heterocycles. The van der Waals surface area contributed by atoms with Crippen molar-refractivity contribution in [2.24, 2.45) is 0 Å². The topological polar surface area (TPSA) is 69.7 Å². The van der Waals surface area contributed by atoms with Gasteiger partial charge in [-0.05, 0) is 44.5 Å². The molecule has 1 N–H and O–H groups in total. The summed E-state index contributed by atoms with van der Waals surface area (Å²) in [4.78, 5) is 14.6. The summed E-state index contributed by atoms with van der Waals surface area (Å²) in [5, 5.41) is 3.23. The van der Waals surface area contributed by atoms with Crippen molar-refractivity contribution in [2.45, 2.75) is 25.3 Å². The second-order valence-electron chi connectivity index (χ2n) is 6.17. The summed E-state index contributed by atoms with van der Waals surface area (Å²) < 4.78 is 25.5. The van der Waals surface area contributed by atoms with Gasteiger partial charge in [-0.15, -0.1) is 12.4 Å². The SMILES string of the molecule is CNC1CCCN(C(=O)c2cccc(N3CCCS3(=O)=O)c2)C1.Cl. The maximum absolute atomic E-state index is 12.7. The van der Waals surface area contributed by atoms with Crippen molar-refractivity contribution in [3.63, 3.8) is 0 Å². The van der Waals surface area contributed by atoms with Crippen molar-refractivity contribution in [3.8, 4) is 0 Å². The molecule has 2 fully saturated rings. The number of nitrogens with zero attached hydrogens (tertiary/aromatic N) is 2. The van der Waals surface area contributed by atoms with Gasteiger partial charge in [0.15, 0.2) is 0 Å². The molecule has 1 unspecified atom stereocenters. The highest BCUT2D eigenvalue weighted by Gasteiger charge is 2.29. The van der Waals surface area contributed by atoms with Crippen LogP contribution in [0.4, 0.5) is 5.69 Å². The van der Waals surface area contributed by atoms with Crippen LogP contribution < -0.4 is 9.62 Å². The minimum Gasteiger partial charge on any atom is -0.337 e. The smallest absolute Gasteiger partial charge is 0.253 e. The van der Waals surface area contributed by atoms with E-state index in [1.54, 1.807) is 24.3 Å². The number of rotatable bonds is 3. The van der Waals surface area contributed by atoms with Crippen LogP contribution in [-0.2, 0) is 10.0 Å². The Morgan fingerprint density at radius 3 is 2.71 bits per heavy atom. The molecule has 24 heavy (non-hydrogen) atoms. The minimum atomic E-state index is -3.22. The van der Waals surface area contributed by atoms with E-state index in [2.05, 4.69) is 5.32 Å². The summed E-state index contributed by atoms with van der Waals surface area (Å²) in [5.41, 5.74) is 1.15. The number of halogens is 1. The van der Waals surface area contributed by atoms with E-state index in [-0.39, 0.29) is 24.1 Å². The third-order valence-corrected chi connectivity index (χ3v) is 6.47. The van der Waals surface area contributed by atoms with Crippen molar-refractivity contribution in [1.29, 1.82) is 0 Å². The summed E-state index contributed by atoms with van der Waals surface area (Å²) in [7, 11) is -1.31. The Balaban J connectivity index is 0.00000208. The zero-order valence-electron chi connectivity index (χ0n) is 13.8. The van der Waals surface area contributed by atoms with Crippen molar-refractivity contribution >= 4 is 34.0 Å². The number of carbonyl (C=O) groups excluding carboxylic acids is 1. The van der Waals surface area contributed by atoms with Gasteiger partial charge < -0.3 is 10.2 Å². The monoisotopic (exact) mass is 373 g/mol. The first-order chi connectivity index (χ1) is 11.0. The van der Waals surface area contributed by atoms with E-state index in [9.17, 15) is 13.2 Å². The van der Waals surface area contributed by atoms with E-state index >= 15 is 0 Å². The molecule has 1 aromatic carbocycles. The first-order valence-corrected chi connectivity index (χ1v) is 9.69. The van der Waals surface area contributed by atoms with Crippen molar-refractivity contribution in [3.05, 3.63) is 29.8 Å². The van der Waals surface area contributed by atoms with Crippen molar-refractivity contribution < 1.29 is 13.2 Å². The van der Waals surface area contributed by atoms with Crippen LogP contribution in [0, 0.1) is 0 Å². The van der Waals surface area contributed by atoms with Gasteiger partial charge >= 0.3 is 0 Å². The highest BCUT2D eigenvalue weighted by Crippen LogP contribution is 2.25.